The minimum atomic E-state index is -0.969. The zero-order chi connectivity index (χ0) is 19.1. The van der Waals surface area contributed by atoms with E-state index in [9.17, 15) is 15.0 Å². The SMILES string of the molecule is CCCCC/C=C(\O)C[N+](CCCC)(CCCC)CCC(C)C(=O)[O-]. The number of carbonyl (C=O) groups excluding carboxylic acids is 1. The summed E-state index contributed by atoms with van der Waals surface area (Å²) in [5.41, 5.74) is 0. The molecule has 0 aliphatic heterocycles. The van der Waals surface area contributed by atoms with Crippen LogP contribution in [0.3, 0.4) is 0 Å². The van der Waals surface area contributed by atoms with Crippen LogP contribution >= 0.6 is 0 Å². The average Bonchev–Trinajstić information content (AvgIpc) is 2.59. The molecule has 0 aromatic heterocycles. The van der Waals surface area contributed by atoms with Gasteiger partial charge in [-0.15, -0.1) is 0 Å². The van der Waals surface area contributed by atoms with Gasteiger partial charge in [0.15, 0.2) is 0 Å². The van der Waals surface area contributed by atoms with Crippen LogP contribution in [0.15, 0.2) is 11.8 Å². The van der Waals surface area contributed by atoms with Gasteiger partial charge in [-0.1, -0.05) is 53.4 Å². The van der Waals surface area contributed by atoms with E-state index in [-0.39, 0.29) is 0 Å². The highest BCUT2D eigenvalue weighted by Crippen LogP contribution is 2.19. The Balaban J connectivity index is 5.04. The van der Waals surface area contributed by atoms with Gasteiger partial charge in [0, 0.05) is 18.3 Å². The van der Waals surface area contributed by atoms with Crippen molar-refractivity contribution in [3.05, 3.63) is 11.8 Å². The number of aliphatic hydroxyl groups is 1. The quantitative estimate of drug-likeness (QED) is 0.256. The lowest BCUT2D eigenvalue weighted by Crippen LogP contribution is -2.52. The number of rotatable bonds is 16. The highest BCUT2D eigenvalue weighted by Gasteiger charge is 2.28. The molecular weight excluding hydrogens is 314 g/mol. The first-order valence-electron chi connectivity index (χ1n) is 10.3. The maximum atomic E-state index is 11.1. The molecule has 1 N–H and O–H groups in total. The zero-order valence-corrected chi connectivity index (χ0v) is 17.1. The van der Waals surface area contributed by atoms with Crippen molar-refractivity contribution in [3.63, 3.8) is 0 Å². The minimum Gasteiger partial charge on any atom is -0.550 e. The molecule has 0 radical (unpaired) electrons. The number of quaternary nitrogens is 1. The van der Waals surface area contributed by atoms with Gasteiger partial charge in [0.1, 0.15) is 12.3 Å². The predicted octanol–water partition coefficient (Wildman–Crippen LogP) is 4.20. The van der Waals surface area contributed by atoms with E-state index in [2.05, 4.69) is 20.8 Å². The number of nitrogens with zero attached hydrogens (tertiary/aromatic N) is 1. The number of hydrogen-bond donors (Lipinski definition) is 1. The van der Waals surface area contributed by atoms with E-state index in [4.69, 9.17) is 0 Å². The van der Waals surface area contributed by atoms with E-state index >= 15 is 0 Å². The Labute approximate surface area is 155 Å². The third-order valence-corrected chi connectivity index (χ3v) is 5.10. The molecule has 0 bridgehead atoms. The molecule has 1 unspecified atom stereocenters. The summed E-state index contributed by atoms with van der Waals surface area (Å²) in [5, 5.41) is 21.6. The molecule has 25 heavy (non-hydrogen) atoms. The van der Waals surface area contributed by atoms with Crippen LogP contribution in [-0.4, -0.2) is 41.7 Å². The predicted molar refractivity (Wildman–Crippen MR) is 103 cm³/mol. The van der Waals surface area contributed by atoms with E-state index in [1.807, 2.05) is 6.08 Å². The summed E-state index contributed by atoms with van der Waals surface area (Å²) in [5.74, 6) is -0.927. The van der Waals surface area contributed by atoms with Crippen molar-refractivity contribution in [1.29, 1.82) is 0 Å². The molecular formula is C21H41NO3. The second-order valence-corrected chi connectivity index (χ2v) is 7.58. The fraction of sp³-hybridized carbons (Fsp3) is 0.857. The van der Waals surface area contributed by atoms with E-state index in [0.717, 1.165) is 62.6 Å². The summed E-state index contributed by atoms with van der Waals surface area (Å²) in [6.45, 7) is 11.7. The number of allylic oxidation sites excluding steroid dienone is 1. The van der Waals surface area contributed by atoms with Crippen molar-refractivity contribution in [2.75, 3.05) is 26.2 Å². The number of unbranched alkanes of at least 4 members (excludes halogenated alkanes) is 5. The normalized spacial score (nSPS) is 13.8. The number of hydrogen-bond acceptors (Lipinski definition) is 3. The summed E-state index contributed by atoms with van der Waals surface area (Å²) < 4.78 is 0.801. The Hall–Kier alpha value is -1.03. The summed E-state index contributed by atoms with van der Waals surface area (Å²) in [4.78, 5) is 11.1. The van der Waals surface area contributed by atoms with Crippen LogP contribution in [0.2, 0.25) is 0 Å². The lowest BCUT2D eigenvalue weighted by molar-refractivity contribution is -0.925. The molecule has 0 saturated heterocycles. The van der Waals surface area contributed by atoms with Gasteiger partial charge in [-0.3, -0.25) is 0 Å². The lowest BCUT2D eigenvalue weighted by Gasteiger charge is -2.39. The van der Waals surface area contributed by atoms with Crippen molar-refractivity contribution >= 4 is 5.97 Å². The number of aliphatic hydroxyl groups excluding tert-OH is 1. The van der Waals surface area contributed by atoms with Crippen LogP contribution in [-0.2, 0) is 4.79 Å². The standard InChI is InChI=1S/C21H41NO3/c1-5-8-11-12-13-20(23)18-22(15-9-6-2,16-10-7-3)17-14-19(4)21(24)25/h13,19H,5-12,14-18H2,1-4H3,(H-,23,24,25)/b20-13-. The Kier molecular flexibility index (Phi) is 13.6. The molecule has 0 aliphatic rings. The van der Waals surface area contributed by atoms with Gasteiger partial charge in [0.25, 0.3) is 0 Å². The average molecular weight is 356 g/mol. The highest BCUT2D eigenvalue weighted by molar-refractivity contribution is 5.66. The molecule has 0 amide bonds. The molecule has 148 valence electrons. The number of carbonyl (C=O) groups is 1. The third-order valence-electron chi connectivity index (χ3n) is 5.10. The fourth-order valence-electron chi connectivity index (χ4n) is 3.22. The molecule has 0 rings (SSSR count). The smallest absolute Gasteiger partial charge is 0.143 e. The van der Waals surface area contributed by atoms with Gasteiger partial charge in [0.2, 0.25) is 0 Å². The number of carboxylic acids is 1. The van der Waals surface area contributed by atoms with Crippen molar-refractivity contribution in [2.24, 2.45) is 5.92 Å². The largest absolute Gasteiger partial charge is 0.550 e. The van der Waals surface area contributed by atoms with E-state index in [1.165, 1.54) is 12.8 Å². The van der Waals surface area contributed by atoms with Crippen molar-refractivity contribution in [3.8, 4) is 0 Å². The van der Waals surface area contributed by atoms with Crippen LogP contribution in [0, 0.1) is 5.92 Å². The maximum Gasteiger partial charge on any atom is 0.143 e. The van der Waals surface area contributed by atoms with E-state index in [1.54, 1.807) is 6.92 Å². The van der Waals surface area contributed by atoms with Gasteiger partial charge < -0.3 is 19.5 Å². The summed E-state index contributed by atoms with van der Waals surface area (Å²) >= 11 is 0. The molecule has 0 fully saturated rings. The lowest BCUT2D eigenvalue weighted by atomic mass is 10.1. The Morgan fingerprint density at radius 3 is 2.04 bits per heavy atom. The van der Waals surface area contributed by atoms with E-state index < -0.39 is 11.9 Å². The fourth-order valence-corrected chi connectivity index (χ4v) is 3.22. The second kappa shape index (κ2) is 14.2. The highest BCUT2D eigenvalue weighted by atomic mass is 16.4. The third kappa shape index (κ3) is 11.2. The first-order valence-corrected chi connectivity index (χ1v) is 10.3. The molecule has 0 aliphatic carbocycles. The number of aliphatic carboxylic acids is 1. The zero-order valence-electron chi connectivity index (χ0n) is 17.1. The van der Waals surface area contributed by atoms with Gasteiger partial charge >= 0.3 is 0 Å². The molecule has 0 aromatic carbocycles. The van der Waals surface area contributed by atoms with Crippen LogP contribution in [0.5, 0.6) is 0 Å². The van der Waals surface area contributed by atoms with Gasteiger partial charge in [-0.25, -0.2) is 0 Å². The minimum absolute atomic E-state index is 0.434. The van der Waals surface area contributed by atoms with Crippen LogP contribution in [0.4, 0.5) is 0 Å². The molecule has 0 saturated carbocycles. The first kappa shape index (κ1) is 24.0. The number of carboxylic acid groups (broad SMARTS) is 1. The summed E-state index contributed by atoms with van der Waals surface area (Å²) in [7, 11) is 0. The maximum absolute atomic E-state index is 11.1. The van der Waals surface area contributed by atoms with Crippen molar-refractivity contribution in [1.82, 2.24) is 0 Å². The monoisotopic (exact) mass is 355 g/mol. The van der Waals surface area contributed by atoms with Crippen molar-refractivity contribution in [2.45, 2.75) is 85.5 Å². The van der Waals surface area contributed by atoms with Crippen LogP contribution in [0.1, 0.15) is 85.5 Å². The van der Waals surface area contributed by atoms with Gasteiger partial charge in [0.05, 0.1) is 19.6 Å². The molecule has 4 nitrogen and oxygen atoms in total. The second-order valence-electron chi connectivity index (χ2n) is 7.58. The molecule has 1 atom stereocenters. The van der Waals surface area contributed by atoms with E-state index in [0.29, 0.717) is 18.7 Å². The molecule has 0 spiro atoms. The Morgan fingerprint density at radius 2 is 1.56 bits per heavy atom. The Bertz CT molecular complexity index is 371. The summed E-state index contributed by atoms with van der Waals surface area (Å²) in [6.07, 6.45) is 11.4. The molecule has 0 aromatic rings. The first-order chi connectivity index (χ1) is 11.9. The van der Waals surface area contributed by atoms with Crippen LogP contribution < -0.4 is 5.11 Å². The topological polar surface area (TPSA) is 60.4 Å². The van der Waals surface area contributed by atoms with Crippen molar-refractivity contribution < 1.29 is 19.5 Å². The molecule has 0 heterocycles. The van der Waals surface area contributed by atoms with Gasteiger partial charge in [-0.05, 0) is 31.8 Å². The summed E-state index contributed by atoms with van der Waals surface area (Å²) in [6, 6.07) is 0. The Morgan fingerprint density at radius 1 is 1.00 bits per heavy atom. The molecule has 4 heteroatoms. The van der Waals surface area contributed by atoms with Gasteiger partial charge in [-0.2, -0.15) is 0 Å². The van der Waals surface area contributed by atoms with Crippen LogP contribution in [0.25, 0.3) is 0 Å².